The average Bonchev–Trinajstić information content (AvgIpc) is 2.68. The van der Waals surface area contributed by atoms with Gasteiger partial charge < -0.3 is 0 Å². The number of allylic oxidation sites excluding steroid dienone is 8. The molecule has 0 amide bonds. The second-order valence-corrected chi connectivity index (χ2v) is 21.0. The zero-order valence-corrected chi connectivity index (χ0v) is 13.2. The Morgan fingerprint density at radius 2 is 2.13 bits per heavy atom. The van der Waals surface area contributed by atoms with Gasteiger partial charge in [0, 0.05) is 0 Å². The van der Waals surface area contributed by atoms with Gasteiger partial charge in [-0.25, -0.2) is 0 Å². The molecule has 0 aromatic carbocycles. The minimum absolute atomic E-state index is 0.760. The number of hydrogen-bond donors (Lipinski definition) is 0. The predicted octanol–water partition coefficient (Wildman–Crippen LogP) is 4.31. The van der Waals surface area contributed by atoms with Crippen molar-refractivity contribution < 1.29 is 20.0 Å². The van der Waals surface area contributed by atoms with Gasteiger partial charge in [-0.3, -0.25) is 0 Å². The second kappa shape index (κ2) is 3.41. The van der Waals surface area contributed by atoms with Gasteiger partial charge in [0.1, 0.15) is 0 Å². The summed E-state index contributed by atoms with van der Waals surface area (Å²) in [6.07, 6.45) is 13.3. The monoisotopic (exact) mass is 366 g/mol. The van der Waals surface area contributed by atoms with Gasteiger partial charge in [0.25, 0.3) is 0 Å². The van der Waals surface area contributed by atoms with Crippen molar-refractivity contribution in [3.8, 4) is 0 Å². The quantitative estimate of drug-likeness (QED) is 0.640. The summed E-state index contributed by atoms with van der Waals surface area (Å²) in [4.78, 5) is 0. The van der Waals surface area contributed by atoms with E-state index in [-0.39, 0.29) is 0 Å². The van der Waals surface area contributed by atoms with Gasteiger partial charge in [-0.1, -0.05) is 0 Å². The summed E-state index contributed by atoms with van der Waals surface area (Å²) < 4.78 is 6.97. The molecular formula is C14H18Hf. The van der Waals surface area contributed by atoms with E-state index in [1.165, 1.54) is 12.0 Å². The van der Waals surface area contributed by atoms with Gasteiger partial charge >= 0.3 is 97.1 Å². The van der Waals surface area contributed by atoms with E-state index < -0.39 is 20.0 Å². The van der Waals surface area contributed by atoms with E-state index in [9.17, 15) is 0 Å². The Morgan fingerprint density at radius 1 is 1.33 bits per heavy atom. The second-order valence-electron chi connectivity index (χ2n) is 5.21. The third-order valence-electron chi connectivity index (χ3n) is 4.08. The van der Waals surface area contributed by atoms with Crippen molar-refractivity contribution in [2.75, 3.05) is 0 Å². The van der Waals surface area contributed by atoms with Crippen LogP contribution in [-0.4, -0.2) is 0 Å². The Kier molecular flexibility index (Phi) is 2.28. The summed E-state index contributed by atoms with van der Waals surface area (Å²) in [5.74, 6) is 0.760. The van der Waals surface area contributed by atoms with Crippen molar-refractivity contribution in [2.24, 2.45) is 5.92 Å². The molecule has 1 heterocycles. The molecule has 1 heteroatoms. The van der Waals surface area contributed by atoms with Crippen molar-refractivity contribution >= 4 is 0 Å². The molecule has 0 bridgehead atoms. The van der Waals surface area contributed by atoms with Gasteiger partial charge in [0.05, 0.1) is 0 Å². The zero-order chi connectivity index (χ0) is 10.5. The van der Waals surface area contributed by atoms with Crippen LogP contribution in [0.15, 0.2) is 42.6 Å². The van der Waals surface area contributed by atoms with Crippen molar-refractivity contribution in [2.45, 2.75) is 28.6 Å². The van der Waals surface area contributed by atoms with Crippen LogP contribution in [0.1, 0.15) is 20.3 Å². The Labute approximate surface area is 96.8 Å². The molecule has 1 aliphatic heterocycles. The number of rotatable bonds is 2. The molecule has 0 aromatic heterocycles. The molecule has 78 valence electrons. The molecule has 0 nitrogen and oxygen atoms in total. The average molecular weight is 365 g/mol. The first-order valence-electron chi connectivity index (χ1n) is 5.99. The van der Waals surface area contributed by atoms with Crippen molar-refractivity contribution in [1.29, 1.82) is 0 Å². The van der Waals surface area contributed by atoms with Crippen LogP contribution in [0.25, 0.3) is 0 Å². The Hall–Kier alpha value is -0.170. The van der Waals surface area contributed by atoms with E-state index >= 15 is 0 Å². The summed E-state index contributed by atoms with van der Waals surface area (Å²) >= 11 is -2.02. The molecule has 1 unspecified atom stereocenters. The molecule has 2 aliphatic carbocycles. The van der Waals surface area contributed by atoms with E-state index in [0.717, 1.165) is 5.92 Å². The summed E-state index contributed by atoms with van der Waals surface area (Å²) in [7, 11) is 0. The van der Waals surface area contributed by atoms with Crippen molar-refractivity contribution in [1.82, 2.24) is 0 Å². The molecule has 0 spiro atoms. The molecule has 15 heavy (non-hydrogen) atoms. The molecule has 1 fully saturated rings. The van der Waals surface area contributed by atoms with Crippen LogP contribution in [0.3, 0.4) is 0 Å². The fraction of sp³-hybridized carbons (Fsp3) is 0.429. The standard InChI is InChI=1S/C7H9.C5H5.C2H4.Hf/c1-6-3-4-7(2)5-6;1-2-4-5-3-1;1-2;/h3,5,7H,1-2H3;1-3H,4H2;1-2H2;. The van der Waals surface area contributed by atoms with Crippen LogP contribution in [0.5, 0.6) is 0 Å². The fourth-order valence-electron chi connectivity index (χ4n) is 3.21. The van der Waals surface area contributed by atoms with E-state index in [2.05, 4.69) is 44.2 Å². The van der Waals surface area contributed by atoms with Gasteiger partial charge in [-0.15, -0.1) is 0 Å². The van der Waals surface area contributed by atoms with Gasteiger partial charge in [-0.2, -0.15) is 0 Å². The van der Waals surface area contributed by atoms with E-state index in [1.54, 1.807) is 8.35 Å². The molecule has 0 radical (unpaired) electrons. The normalized spacial score (nSPS) is 31.3. The molecule has 3 rings (SSSR count). The molecule has 3 aliphatic rings. The fourth-order valence-corrected chi connectivity index (χ4v) is 25.7. The Bertz CT molecular complexity index is 417. The zero-order valence-electron chi connectivity index (χ0n) is 9.59. The molecule has 0 aromatic rings. The maximum absolute atomic E-state index is 2.53. The van der Waals surface area contributed by atoms with Crippen LogP contribution in [0.4, 0.5) is 0 Å². The maximum atomic E-state index is 2.53. The SMILES string of the molecule is CC1=CC(C)[C]([Hf]2([C]3=CC=CC3)[CH2][CH2]2)=C1. The van der Waals surface area contributed by atoms with E-state index in [0.29, 0.717) is 0 Å². The summed E-state index contributed by atoms with van der Waals surface area (Å²) in [6, 6.07) is 0. The molecule has 1 saturated heterocycles. The summed E-state index contributed by atoms with van der Waals surface area (Å²) in [5, 5.41) is 0. The predicted molar refractivity (Wildman–Crippen MR) is 62.5 cm³/mol. The molecule has 0 saturated carbocycles. The van der Waals surface area contributed by atoms with E-state index in [4.69, 9.17) is 0 Å². The number of hydrogen-bond acceptors (Lipinski definition) is 0. The van der Waals surface area contributed by atoms with Crippen LogP contribution < -0.4 is 0 Å². The van der Waals surface area contributed by atoms with Crippen molar-refractivity contribution in [3.05, 3.63) is 42.6 Å². The van der Waals surface area contributed by atoms with Crippen LogP contribution in [0.2, 0.25) is 8.35 Å². The Morgan fingerprint density at radius 3 is 2.60 bits per heavy atom. The first-order chi connectivity index (χ1) is 7.22. The van der Waals surface area contributed by atoms with Gasteiger partial charge in [0.2, 0.25) is 0 Å². The van der Waals surface area contributed by atoms with Crippen LogP contribution in [0, 0.1) is 5.92 Å². The topological polar surface area (TPSA) is 0 Å². The summed E-state index contributed by atoms with van der Waals surface area (Å²) in [6.45, 7) is 4.65. The Balaban J connectivity index is 1.92. The van der Waals surface area contributed by atoms with Crippen molar-refractivity contribution in [3.63, 3.8) is 0 Å². The third-order valence-corrected chi connectivity index (χ3v) is 21.3. The molecule has 1 atom stereocenters. The van der Waals surface area contributed by atoms with E-state index in [1.807, 2.05) is 6.66 Å². The molecular weight excluding hydrogens is 347 g/mol. The van der Waals surface area contributed by atoms with Gasteiger partial charge in [0.15, 0.2) is 0 Å². The van der Waals surface area contributed by atoms with Crippen LogP contribution in [-0.2, 0) is 20.0 Å². The minimum atomic E-state index is -2.02. The van der Waals surface area contributed by atoms with Crippen LogP contribution >= 0.6 is 0 Å². The first kappa shape index (κ1) is 10.0. The third kappa shape index (κ3) is 1.51. The summed E-state index contributed by atoms with van der Waals surface area (Å²) in [5.41, 5.74) is 1.51. The van der Waals surface area contributed by atoms with Gasteiger partial charge in [-0.05, 0) is 0 Å². The molecule has 0 N–H and O–H groups in total. The first-order valence-corrected chi connectivity index (χ1v) is 14.7.